The predicted molar refractivity (Wildman–Crippen MR) is 88.5 cm³/mol. The zero-order valence-corrected chi connectivity index (χ0v) is 13.4. The van der Waals surface area contributed by atoms with Crippen molar-refractivity contribution in [2.75, 3.05) is 31.1 Å². The molecule has 1 aliphatic heterocycles. The van der Waals surface area contributed by atoms with Crippen LogP contribution < -0.4 is 4.90 Å². The van der Waals surface area contributed by atoms with Crippen LogP contribution in [0.3, 0.4) is 0 Å². The molecule has 6 heteroatoms. The number of carbonyl (C=O) groups is 1. The standard InChI is InChI=1S/C18H19FN4O/c19-15-3-5-16(6-4-15)22-7-9-23(10-8-22)18(24)14-11-20-17(21-12-14)13-1-2-13/h3-6,11-13H,1-2,7-10H2. The molecule has 2 aromatic rings. The van der Waals surface area contributed by atoms with Crippen molar-refractivity contribution < 1.29 is 9.18 Å². The number of rotatable bonds is 3. The Morgan fingerprint density at radius 2 is 1.62 bits per heavy atom. The van der Waals surface area contributed by atoms with Crippen LogP contribution in [-0.2, 0) is 0 Å². The minimum absolute atomic E-state index is 0.0175. The van der Waals surface area contributed by atoms with Crippen LogP contribution in [0.1, 0.15) is 34.9 Å². The Balaban J connectivity index is 1.37. The number of hydrogen-bond acceptors (Lipinski definition) is 4. The molecule has 0 N–H and O–H groups in total. The highest BCUT2D eigenvalue weighted by atomic mass is 19.1. The molecule has 1 aliphatic carbocycles. The van der Waals surface area contributed by atoms with E-state index >= 15 is 0 Å². The summed E-state index contributed by atoms with van der Waals surface area (Å²) in [6, 6.07) is 6.48. The first-order valence-corrected chi connectivity index (χ1v) is 8.32. The first-order valence-electron chi connectivity index (χ1n) is 8.32. The molecule has 4 rings (SSSR count). The Morgan fingerprint density at radius 3 is 2.21 bits per heavy atom. The van der Waals surface area contributed by atoms with Gasteiger partial charge in [0.05, 0.1) is 5.56 Å². The van der Waals surface area contributed by atoms with Crippen molar-refractivity contribution in [3.8, 4) is 0 Å². The van der Waals surface area contributed by atoms with Crippen LogP contribution in [0.2, 0.25) is 0 Å². The zero-order chi connectivity index (χ0) is 16.5. The molecule has 0 atom stereocenters. The second-order valence-electron chi connectivity index (χ2n) is 6.36. The Morgan fingerprint density at radius 1 is 1.00 bits per heavy atom. The first-order chi connectivity index (χ1) is 11.7. The van der Waals surface area contributed by atoms with Gasteiger partial charge in [-0.05, 0) is 37.1 Å². The summed E-state index contributed by atoms with van der Waals surface area (Å²) in [4.78, 5) is 25.2. The molecular weight excluding hydrogens is 307 g/mol. The summed E-state index contributed by atoms with van der Waals surface area (Å²) in [5.74, 6) is 1.10. The molecule has 5 nitrogen and oxygen atoms in total. The van der Waals surface area contributed by atoms with Crippen LogP contribution in [0.4, 0.5) is 10.1 Å². The summed E-state index contributed by atoms with van der Waals surface area (Å²) in [6.45, 7) is 2.75. The number of piperazine rings is 1. The van der Waals surface area contributed by atoms with E-state index in [1.165, 1.54) is 12.1 Å². The highest BCUT2D eigenvalue weighted by molar-refractivity contribution is 5.93. The monoisotopic (exact) mass is 326 g/mol. The van der Waals surface area contributed by atoms with E-state index in [2.05, 4.69) is 14.9 Å². The maximum Gasteiger partial charge on any atom is 0.257 e. The molecule has 1 saturated carbocycles. The van der Waals surface area contributed by atoms with Crippen molar-refractivity contribution in [1.29, 1.82) is 0 Å². The minimum atomic E-state index is -0.234. The topological polar surface area (TPSA) is 49.3 Å². The van der Waals surface area contributed by atoms with Crippen molar-refractivity contribution >= 4 is 11.6 Å². The third-order valence-corrected chi connectivity index (χ3v) is 4.62. The van der Waals surface area contributed by atoms with Crippen molar-refractivity contribution in [2.45, 2.75) is 18.8 Å². The fourth-order valence-electron chi connectivity index (χ4n) is 3.00. The molecule has 124 valence electrons. The van der Waals surface area contributed by atoms with Crippen LogP contribution in [-0.4, -0.2) is 47.0 Å². The fourth-order valence-corrected chi connectivity index (χ4v) is 3.00. The molecule has 2 heterocycles. The van der Waals surface area contributed by atoms with Crippen molar-refractivity contribution in [1.82, 2.24) is 14.9 Å². The van der Waals surface area contributed by atoms with Gasteiger partial charge in [-0.15, -0.1) is 0 Å². The molecule has 0 unspecified atom stereocenters. The van der Waals surface area contributed by atoms with Gasteiger partial charge in [-0.2, -0.15) is 0 Å². The Bertz CT molecular complexity index is 720. The SMILES string of the molecule is O=C(c1cnc(C2CC2)nc1)N1CCN(c2ccc(F)cc2)CC1. The second kappa shape index (κ2) is 6.19. The third-order valence-electron chi connectivity index (χ3n) is 4.62. The molecule has 2 aliphatic rings. The van der Waals surface area contributed by atoms with Gasteiger partial charge in [-0.1, -0.05) is 0 Å². The van der Waals surface area contributed by atoms with Gasteiger partial charge in [-0.25, -0.2) is 14.4 Å². The van der Waals surface area contributed by atoms with Gasteiger partial charge in [0.15, 0.2) is 0 Å². The fraction of sp³-hybridized carbons (Fsp3) is 0.389. The molecule has 0 spiro atoms. The lowest BCUT2D eigenvalue weighted by atomic mass is 10.2. The summed E-state index contributed by atoms with van der Waals surface area (Å²) >= 11 is 0. The Hall–Kier alpha value is -2.50. The van der Waals surface area contributed by atoms with Gasteiger partial charge in [0, 0.05) is 50.2 Å². The molecular formula is C18H19FN4O. The van der Waals surface area contributed by atoms with E-state index in [9.17, 15) is 9.18 Å². The molecule has 1 aromatic heterocycles. The van der Waals surface area contributed by atoms with Crippen molar-refractivity contribution in [3.05, 3.63) is 53.9 Å². The van der Waals surface area contributed by atoms with Crippen LogP contribution in [0.5, 0.6) is 0 Å². The zero-order valence-electron chi connectivity index (χ0n) is 13.4. The normalized spacial score (nSPS) is 17.9. The van der Waals surface area contributed by atoms with E-state index in [-0.39, 0.29) is 11.7 Å². The van der Waals surface area contributed by atoms with Gasteiger partial charge in [0.25, 0.3) is 5.91 Å². The number of aromatic nitrogens is 2. The van der Waals surface area contributed by atoms with Gasteiger partial charge in [0.1, 0.15) is 11.6 Å². The summed E-state index contributed by atoms with van der Waals surface area (Å²) in [6.07, 6.45) is 5.60. The molecule has 0 radical (unpaired) electrons. The summed E-state index contributed by atoms with van der Waals surface area (Å²) in [5.41, 5.74) is 1.54. The summed E-state index contributed by atoms with van der Waals surface area (Å²) in [5, 5.41) is 0. The van der Waals surface area contributed by atoms with Crippen LogP contribution >= 0.6 is 0 Å². The average Bonchev–Trinajstić information content (AvgIpc) is 3.47. The number of amides is 1. The van der Waals surface area contributed by atoms with E-state index < -0.39 is 0 Å². The van der Waals surface area contributed by atoms with E-state index in [1.54, 1.807) is 24.5 Å². The lowest BCUT2D eigenvalue weighted by Crippen LogP contribution is -2.48. The Labute approximate surface area is 140 Å². The van der Waals surface area contributed by atoms with Crippen molar-refractivity contribution in [3.63, 3.8) is 0 Å². The molecule has 24 heavy (non-hydrogen) atoms. The highest BCUT2D eigenvalue weighted by Crippen LogP contribution is 2.37. The number of hydrogen-bond donors (Lipinski definition) is 0. The molecule has 1 amide bonds. The molecule has 2 fully saturated rings. The second-order valence-corrected chi connectivity index (χ2v) is 6.36. The van der Waals surface area contributed by atoms with Gasteiger partial charge in [-0.3, -0.25) is 4.79 Å². The number of halogens is 1. The van der Waals surface area contributed by atoms with Crippen LogP contribution in [0, 0.1) is 5.82 Å². The number of anilines is 1. The maximum atomic E-state index is 13.0. The lowest BCUT2D eigenvalue weighted by molar-refractivity contribution is 0.0746. The van der Waals surface area contributed by atoms with Crippen LogP contribution in [0.15, 0.2) is 36.7 Å². The largest absolute Gasteiger partial charge is 0.368 e. The van der Waals surface area contributed by atoms with Crippen molar-refractivity contribution in [2.24, 2.45) is 0 Å². The smallest absolute Gasteiger partial charge is 0.257 e. The maximum absolute atomic E-state index is 13.0. The molecule has 1 saturated heterocycles. The van der Waals surface area contributed by atoms with Gasteiger partial charge < -0.3 is 9.80 Å². The molecule has 1 aromatic carbocycles. The average molecular weight is 326 g/mol. The van der Waals surface area contributed by atoms with Crippen LogP contribution in [0.25, 0.3) is 0 Å². The van der Waals surface area contributed by atoms with Gasteiger partial charge in [0.2, 0.25) is 0 Å². The quantitative estimate of drug-likeness (QED) is 0.869. The van der Waals surface area contributed by atoms with E-state index in [1.807, 2.05) is 4.90 Å². The highest BCUT2D eigenvalue weighted by Gasteiger charge is 2.27. The third kappa shape index (κ3) is 3.09. The summed E-state index contributed by atoms with van der Waals surface area (Å²) in [7, 11) is 0. The number of carbonyl (C=O) groups excluding carboxylic acids is 1. The number of benzene rings is 1. The predicted octanol–water partition coefficient (Wildman–Crippen LogP) is 2.46. The van der Waals surface area contributed by atoms with E-state index in [0.29, 0.717) is 24.6 Å². The first kappa shape index (κ1) is 15.1. The van der Waals surface area contributed by atoms with E-state index in [4.69, 9.17) is 0 Å². The molecule has 0 bridgehead atoms. The minimum Gasteiger partial charge on any atom is -0.368 e. The van der Waals surface area contributed by atoms with Gasteiger partial charge >= 0.3 is 0 Å². The number of nitrogens with zero attached hydrogens (tertiary/aromatic N) is 4. The Kier molecular flexibility index (Phi) is 3.88. The lowest BCUT2D eigenvalue weighted by Gasteiger charge is -2.36. The van der Waals surface area contributed by atoms with E-state index in [0.717, 1.165) is 37.4 Å². The summed E-state index contributed by atoms with van der Waals surface area (Å²) < 4.78 is 13.0.